The van der Waals surface area contributed by atoms with Crippen molar-refractivity contribution < 1.29 is 9.53 Å². The van der Waals surface area contributed by atoms with Crippen LogP contribution in [-0.4, -0.2) is 62.2 Å². The average Bonchev–Trinajstić information content (AvgIpc) is 3.15. The van der Waals surface area contributed by atoms with Crippen molar-refractivity contribution in [3.8, 4) is 5.75 Å². The van der Waals surface area contributed by atoms with Crippen molar-refractivity contribution in [1.29, 1.82) is 0 Å². The van der Waals surface area contributed by atoms with E-state index in [2.05, 4.69) is 9.80 Å². The number of hydrogen-bond donors (Lipinski definition) is 0. The summed E-state index contributed by atoms with van der Waals surface area (Å²) < 4.78 is 6.42. The summed E-state index contributed by atoms with van der Waals surface area (Å²) in [6.07, 6.45) is 0. The Hall–Kier alpha value is -2.51. The molecular formula is C22H23ClN4O2S. The van der Waals surface area contributed by atoms with Crippen LogP contribution in [-0.2, 0) is 4.79 Å². The summed E-state index contributed by atoms with van der Waals surface area (Å²) in [6.45, 7) is 4.57. The zero-order chi connectivity index (χ0) is 20.7. The standard InChI is InChI=1S/C22H23ClN4O2S/c1-29-16-6-7-20-18(12-16)24-22(30-20)27-13-15(14-27)21(28)26-10-8-25(9-11-26)19-5-3-2-4-17(19)23/h2-7,12,15H,8-11,13-14H2,1H3. The van der Waals surface area contributed by atoms with Crippen LogP contribution in [0.3, 0.4) is 0 Å². The monoisotopic (exact) mass is 442 g/mol. The molecule has 0 aliphatic carbocycles. The number of ether oxygens (including phenoxy) is 1. The first-order valence-corrected chi connectivity index (χ1v) is 11.3. The molecule has 2 saturated heterocycles. The average molecular weight is 443 g/mol. The van der Waals surface area contributed by atoms with Crippen molar-refractivity contribution in [2.75, 3.05) is 56.2 Å². The largest absolute Gasteiger partial charge is 0.497 e. The van der Waals surface area contributed by atoms with Crippen LogP contribution in [0.1, 0.15) is 0 Å². The van der Waals surface area contributed by atoms with E-state index in [0.29, 0.717) is 0 Å². The maximum atomic E-state index is 12.9. The third-order valence-corrected chi connectivity index (χ3v) is 7.29. The van der Waals surface area contributed by atoms with E-state index in [1.54, 1.807) is 18.4 Å². The first-order chi connectivity index (χ1) is 14.6. The molecular weight excluding hydrogens is 420 g/mol. The number of rotatable bonds is 4. The molecule has 2 aliphatic heterocycles. The summed E-state index contributed by atoms with van der Waals surface area (Å²) in [5.41, 5.74) is 1.99. The number of para-hydroxylation sites is 1. The first kappa shape index (κ1) is 19.5. The Balaban J connectivity index is 1.17. The van der Waals surface area contributed by atoms with E-state index < -0.39 is 0 Å². The molecule has 1 aromatic heterocycles. The SMILES string of the molecule is COc1ccc2sc(N3CC(C(=O)N4CCN(c5ccccc5Cl)CC4)C3)nc2c1. The van der Waals surface area contributed by atoms with Crippen molar-refractivity contribution >= 4 is 49.9 Å². The Labute approximate surface area is 184 Å². The Morgan fingerprint density at radius 2 is 1.87 bits per heavy atom. The lowest BCUT2D eigenvalue weighted by Crippen LogP contribution is -2.58. The van der Waals surface area contributed by atoms with Gasteiger partial charge in [0.25, 0.3) is 0 Å². The van der Waals surface area contributed by atoms with Crippen LogP contribution in [0.2, 0.25) is 5.02 Å². The number of piperazine rings is 1. The Bertz CT molecular complexity index is 1070. The normalized spacial score (nSPS) is 17.3. The van der Waals surface area contributed by atoms with Crippen molar-refractivity contribution in [1.82, 2.24) is 9.88 Å². The van der Waals surface area contributed by atoms with Gasteiger partial charge in [-0.25, -0.2) is 4.98 Å². The van der Waals surface area contributed by atoms with E-state index >= 15 is 0 Å². The predicted octanol–water partition coefficient (Wildman–Crippen LogP) is 3.74. The van der Waals surface area contributed by atoms with Crippen LogP contribution in [0.5, 0.6) is 5.75 Å². The number of thiazole rings is 1. The number of halogens is 1. The molecule has 6 nitrogen and oxygen atoms in total. The van der Waals surface area contributed by atoms with Gasteiger partial charge in [-0.2, -0.15) is 0 Å². The molecule has 3 aromatic rings. The molecule has 156 valence electrons. The van der Waals surface area contributed by atoms with Crippen molar-refractivity contribution in [2.45, 2.75) is 0 Å². The number of amides is 1. The van der Waals surface area contributed by atoms with Crippen molar-refractivity contribution in [3.05, 3.63) is 47.5 Å². The fraction of sp³-hybridized carbons (Fsp3) is 0.364. The highest BCUT2D eigenvalue weighted by Gasteiger charge is 2.37. The van der Waals surface area contributed by atoms with Gasteiger partial charge in [-0.3, -0.25) is 4.79 Å². The topological polar surface area (TPSA) is 48.9 Å². The quantitative estimate of drug-likeness (QED) is 0.616. The van der Waals surface area contributed by atoms with E-state index in [1.165, 1.54) is 0 Å². The summed E-state index contributed by atoms with van der Waals surface area (Å²) in [4.78, 5) is 24.1. The molecule has 2 aliphatic rings. The number of anilines is 2. The molecule has 0 spiro atoms. The molecule has 5 rings (SSSR count). The van der Waals surface area contributed by atoms with Crippen LogP contribution in [0.15, 0.2) is 42.5 Å². The summed E-state index contributed by atoms with van der Waals surface area (Å²) in [5, 5.41) is 1.74. The molecule has 1 amide bonds. The van der Waals surface area contributed by atoms with Gasteiger partial charge in [0.2, 0.25) is 5.91 Å². The molecule has 0 N–H and O–H groups in total. The fourth-order valence-corrected chi connectivity index (χ4v) is 5.30. The van der Waals surface area contributed by atoms with Crippen LogP contribution in [0.4, 0.5) is 10.8 Å². The molecule has 0 radical (unpaired) electrons. The number of nitrogens with zero attached hydrogens (tertiary/aromatic N) is 4. The lowest BCUT2D eigenvalue weighted by molar-refractivity contribution is -0.136. The molecule has 2 fully saturated rings. The van der Waals surface area contributed by atoms with Crippen molar-refractivity contribution in [2.24, 2.45) is 5.92 Å². The van der Waals surface area contributed by atoms with Gasteiger partial charge in [-0.15, -0.1) is 0 Å². The lowest BCUT2D eigenvalue weighted by atomic mass is 9.99. The van der Waals surface area contributed by atoms with Crippen molar-refractivity contribution in [3.63, 3.8) is 0 Å². The number of carbonyl (C=O) groups excluding carboxylic acids is 1. The lowest BCUT2D eigenvalue weighted by Gasteiger charge is -2.43. The number of fused-ring (bicyclic) bond motifs is 1. The van der Waals surface area contributed by atoms with E-state index in [4.69, 9.17) is 21.3 Å². The number of carbonyl (C=O) groups is 1. The van der Waals surface area contributed by atoms with E-state index in [9.17, 15) is 4.79 Å². The second-order valence-electron chi connectivity index (χ2n) is 7.70. The molecule has 0 saturated carbocycles. The van der Waals surface area contributed by atoms with Gasteiger partial charge < -0.3 is 19.4 Å². The highest BCUT2D eigenvalue weighted by Crippen LogP contribution is 2.35. The summed E-state index contributed by atoms with van der Waals surface area (Å²) in [7, 11) is 1.66. The number of aromatic nitrogens is 1. The second-order valence-corrected chi connectivity index (χ2v) is 9.11. The minimum Gasteiger partial charge on any atom is -0.497 e. The van der Waals surface area contributed by atoms with Gasteiger partial charge in [0, 0.05) is 45.3 Å². The Morgan fingerprint density at radius 1 is 1.10 bits per heavy atom. The Kier molecular flexibility index (Phi) is 5.16. The third kappa shape index (κ3) is 3.56. The molecule has 0 atom stereocenters. The second kappa shape index (κ2) is 7.96. The molecule has 2 aromatic carbocycles. The van der Waals surface area contributed by atoms with Gasteiger partial charge in [0.05, 0.1) is 34.0 Å². The van der Waals surface area contributed by atoms with Gasteiger partial charge >= 0.3 is 0 Å². The van der Waals surface area contributed by atoms with E-state index in [0.717, 1.165) is 71.1 Å². The van der Waals surface area contributed by atoms with Crippen LogP contribution >= 0.6 is 22.9 Å². The predicted molar refractivity (Wildman–Crippen MR) is 122 cm³/mol. The van der Waals surface area contributed by atoms with E-state index in [1.807, 2.05) is 47.4 Å². The molecule has 0 bridgehead atoms. The maximum Gasteiger partial charge on any atom is 0.229 e. The van der Waals surface area contributed by atoms with Crippen LogP contribution in [0, 0.1) is 5.92 Å². The first-order valence-electron chi connectivity index (χ1n) is 10.1. The number of hydrogen-bond acceptors (Lipinski definition) is 6. The minimum absolute atomic E-state index is 0.0541. The van der Waals surface area contributed by atoms with Gasteiger partial charge in [0.1, 0.15) is 5.75 Å². The van der Waals surface area contributed by atoms with Crippen LogP contribution in [0.25, 0.3) is 10.2 Å². The zero-order valence-corrected chi connectivity index (χ0v) is 18.3. The zero-order valence-electron chi connectivity index (χ0n) is 16.8. The maximum absolute atomic E-state index is 12.9. The molecule has 8 heteroatoms. The van der Waals surface area contributed by atoms with E-state index in [-0.39, 0.29) is 11.8 Å². The fourth-order valence-electron chi connectivity index (χ4n) is 4.08. The minimum atomic E-state index is 0.0541. The highest BCUT2D eigenvalue weighted by molar-refractivity contribution is 7.22. The van der Waals surface area contributed by atoms with Gasteiger partial charge in [0.15, 0.2) is 5.13 Å². The summed E-state index contributed by atoms with van der Waals surface area (Å²) in [5.74, 6) is 1.12. The molecule has 3 heterocycles. The smallest absolute Gasteiger partial charge is 0.229 e. The highest BCUT2D eigenvalue weighted by atomic mass is 35.5. The third-order valence-electron chi connectivity index (χ3n) is 5.87. The number of benzene rings is 2. The Morgan fingerprint density at radius 3 is 2.60 bits per heavy atom. The van der Waals surface area contributed by atoms with Gasteiger partial charge in [-0.05, 0) is 24.3 Å². The van der Waals surface area contributed by atoms with Crippen LogP contribution < -0.4 is 14.5 Å². The molecule has 30 heavy (non-hydrogen) atoms. The number of methoxy groups -OCH3 is 1. The molecule has 0 unspecified atom stereocenters. The van der Waals surface area contributed by atoms with Gasteiger partial charge in [-0.1, -0.05) is 35.1 Å². The summed E-state index contributed by atoms with van der Waals surface area (Å²) >= 11 is 7.98. The summed E-state index contributed by atoms with van der Waals surface area (Å²) in [6, 6.07) is 13.8.